The summed E-state index contributed by atoms with van der Waals surface area (Å²) in [5.41, 5.74) is 10.7. The second-order valence-electron chi connectivity index (χ2n) is 9.70. The summed E-state index contributed by atoms with van der Waals surface area (Å²) in [6.45, 7) is 6.77. The molecule has 1 aromatic heterocycles. The minimum Gasteiger partial charge on any atom is -0.366 e. The second-order valence-corrected chi connectivity index (χ2v) is 12.0. The molecule has 1 aliphatic heterocycles. The maximum Gasteiger partial charge on any atom is 0.250 e. The number of hydrogen-bond donors (Lipinski definition) is 3. The lowest BCUT2D eigenvalue weighted by Crippen LogP contribution is -2.38. The van der Waals surface area contributed by atoms with E-state index in [1.807, 2.05) is 44.3 Å². The number of H-pyrrole nitrogens is 1. The van der Waals surface area contributed by atoms with Crippen LogP contribution in [0.1, 0.15) is 61.0 Å². The summed E-state index contributed by atoms with van der Waals surface area (Å²) < 4.78 is 26.1. The SMILES string of the molecule is CCS(=O)(=O)N1CCC(c2c[nH]c3c(C(N)=O)cc(-c4cccc(CNC(=O)C(C)C)c4)cc23)CC1. The van der Waals surface area contributed by atoms with Gasteiger partial charge >= 0.3 is 0 Å². The number of nitrogens with zero attached hydrogens (tertiary/aromatic N) is 1. The highest BCUT2D eigenvalue weighted by atomic mass is 32.2. The van der Waals surface area contributed by atoms with Crippen molar-refractivity contribution < 1.29 is 18.0 Å². The Labute approximate surface area is 212 Å². The number of hydrogen-bond acceptors (Lipinski definition) is 4. The minimum absolute atomic E-state index is 0.00686. The van der Waals surface area contributed by atoms with Gasteiger partial charge in [0.15, 0.2) is 0 Å². The van der Waals surface area contributed by atoms with Gasteiger partial charge in [-0.25, -0.2) is 12.7 Å². The number of sulfonamides is 1. The van der Waals surface area contributed by atoms with Gasteiger partial charge in [-0.2, -0.15) is 0 Å². The van der Waals surface area contributed by atoms with E-state index in [-0.39, 0.29) is 23.5 Å². The minimum atomic E-state index is -3.20. The molecule has 3 aromatic rings. The van der Waals surface area contributed by atoms with E-state index in [1.165, 1.54) is 0 Å². The van der Waals surface area contributed by atoms with Crippen LogP contribution in [0.3, 0.4) is 0 Å². The Morgan fingerprint density at radius 3 is 2.50 bits per heavy atom. The molecule has 0 atom stereocenters. The Morgan fingerprint density at radius 1 is 1.14 bits per heavy atom. The van der Waals surface area contributed by atoms with E-state index < -0.39 is 15.9 Å². The van der Waals surface area contributed by atoms with Crippen molar-refractivity contribution in [2.45, 2.75) is 46.1 Å². The maximum atomic E-state index is 12.4. The number of aromatic nitrogens is 1. The summed E-state index contributed by atoms with van der Waals surface area (Å²) in [4.78, 5) is 27.6. The first-order chi connectivity index (χ1) is 17.1. The van der Waals surface area contributed by atoms with E-state index in [4.69, 9.17) is 5.73 Å². The molecule has 4 N–H and O–H groups in total. The number of aromatic amines is 1. The number of carbonyl (C=O) groups excluding carboxylic acids is 2. The van der Waals surface area contributed by atoms with E-state index in [2.05, 4.69) is 16.4 Å². The van der Waals surface area contributed by atoms with Gasteiger partial charge in [-0.05, 0) is 66.1 Å². The highest BCUT2D eigenvalue weighted by molar-refractivity contribution is 7.89. The van der Waals surface area contributed by atoms with Gasteiger partial charge in [0.25, 0.3) is 5.91 Å². The van der Waals surface area contributed by atoms with Gasteiger partial charge in [-0.1, -0.05) is 32.0 Å². The Hall–Kier alpha value is -3.17. The van der Waals surface area contributed by atoms with Crippen LogP contribution >= 0.6 is 0 Å². The molecule has 0 unspecified atom stereocenters. The van der Waals surface area contributed by atoms with Crippen LogP contribution in [-0.4, -0.2) is 48.4 Å². The highest BCUT2D eigenvalue weighted by Crippen LogP contribution is 2.37. The molecule has 2 aromatic carbocycles. The Balaban J connectivity index is 1.67. The molecule has 0 saturated carbocycles. The van der Waals surface area contributed by atoms with Crippen molar-refractivity contribution >= 4 is 32.7 Å². The van der Waals surface area contributed by atoms with Gasteiger partial charge in [-0.3, -0.25) is 9.59 Å². The number of fused-ring (bicyclic) bond motifs is 1. The molecule has 2 heterocycles. The number of amides is 2. The molecule has 4 rings (SSSR count). The van der Waals surface area contributed by atoms with Crippen LogP contribution in [-0.2, 0) is 21.4 Å². The first-order valence-corrected chi connectivity index (χ1v) is 14.0. The molecule has 0 spiro atoms. The Bertz CT molecular complexity index is 1390. The number of primary amides is 1. The molecule has 1 fully saturated rings. The molecule has 9 heteroatoms. The third-order valence-corrected chi connectivity index (χ3v) is 8.87. The summed E-state index contributed by atoms with van der Waals surface area (Å²) in [7, 11) is -3.20. The zero-order valence-corrected chi connectivity index (χ0v) is 21.8. The van der Waals surface area contributed by atoms with Gasteiger partial charge < -0.3 is 16.0 Å². The zero-order chi connectivity index (χ0) is 26.0. The van der Waals surface area contributed by atoms with E-state index in [1.54, 1.807) is 17.3 Å². The van der Waals surface area contributed by atoms with Gasteiger partial charge in [0.1, 0.15) is 0 Å². The van der Waals surface area contributed by atoms with Crippen molar-refractivity contribution in [3.8, 4) is 11.1 Å². The smallest absolute Gasteiger partial charge is 0.250 e. The van der Waals surface area contributed by atoms with Gasteiger partial charge in [0.2, 0.25) is 15.9 Å². The summed E-state index contributed by atoms with van der Waals surface area (Å²) in [6.07, 6.45) is 3.36. The number of benzene rings is 2. The summed E-state index contributed by atoms with van der Waals surface area (Å²) >= 11 is 0. The van der Waals surface area contributed by atoms with Gasteiger partial charge in [0.05, 0.1) is 16.8 Å². The quantitative estimate of drug-likeness (QED) is 0.427. The third-order valence-electron chi connectivity index (χ3n) is 6.99. The first kappa shape index (κ1) is 25.9. The van der Waals surface area contributed by atoms with Gasteiger partial charge in [0, 0.05) is 37.1 Å². The lowest BCUT2D eigenvalue weighted by molar-refractivity contribution is -0.124. The monoisotopic (exact) mass is 510 g/mol. The van der Waals surface area contributed by atoms with Crippen LogP contribution in [0.2, 0.25) is 0 Å². The maximum absolute atomic E-state index is 12.4. The fraction of sp³-hybridized carbons (Fsp3) is 0.407. The number of nitrogens with one attached hydrogen (secondary N) is 2. The van der Waals surface area contributed by atoms with Crippen molar-refractivity contribution in [1.82, 2.24) is 14.6 Å². The first-order valence-electron chi connectivity index (χ1n) is 12.4. The molecular weight excluding hydrogens is 476 g/mol. The zero-order valence-electron chi connectivity index (χ0n) is 21.0. The predicted molar refractivity (Wildman–Crippen MR) is 142 cm³/mol. The standard InChI is InChI=1S/C27H34N4O4S/c1-4-36(34,35)31-10-8-19(9-11-31)24-16-29-25-22(24)13-21(14-23(25)26(28)32)20-7-5-6-18(12-20)15-30-27(33)17(2)3/h5-7,12-14,16-17,19,29H,4,8-11,15H2,1-3H3,(H2,28,32)(H,30,33). The molecular formula is C27H34N4O4S. The number of nitrogens with two attached hydrogens (primary N) is 1. The number of rotatable bonds is 8. The molecule has 2 amide bonds. The lowest BCUT2D eigenvalue weighted by Gasteiger charge is -2.31. The van der Waals surface area contributed by atoms with Crippen LogP contribution in [0.4, 0.5) is 0 Å². The van der Waals surface area contributed by atoms with Crippen LogP contribution in [0, 0.1) is 5.92 Å². The van der Waals surface area contributed by atoms with E-state index >= 15 is 0 Å². The largest absolute Gasteiger partial charge is 0.366 e. The Kier molecular flexibility index (Phi) is 7.51. The molecule has 1 saturated heterocycles. The van der Waals surface area contributed by atoms with Crippen molar-refractivity contribution in [1.29, 1.82) is 0 Å². The second kappa shape index (κ2) is 10.4. The summed E-state index contributed by atoms with van der Waals surface area (Å²) in [5.74, 6) is -0.326. The molecule has 36 heavy (non-hydrogen) atoms. The van der Waals surface area contributed by atoms with E-state index in [9.17, 15) is 18.0 Å². The van der Waals surface area contributed by atoms with Crippen molar-refractivity contribution in [2.75, 3.05) is 18.8 Å². The van der Waals surface area contributed by atoms with E-state index in [0.717, 1.165) is 27.6 Å². The molecule has 0 bridgehead atoms. The summed E-state index contributed by atoms with van der Waals surface area (Å²) in [6, 6.07) is 11.7. The van der Waals surface area contributed by atoms with Crippen LogP contribution in [0.15, 0.2) is 42.6 Å². The fourth-order valence-electron chi connectivity index (χ4n) is 4.83. The summed E-state index contributed by atoms with van der Waals surface area (Å²) in [5, 5.41) is 3.87. The Morgan fingerprint density at radius 2 is 1.86 bits per heavy atom. The van der Waals surface area contributed by atoms with Crippen molar-refractivity contribution in [2.24, 2.45) is 11.7 Å². The van der Waals surface area contributed by atoms with Gasteiger partial charge in [-0.15, -0.1) is 0 Å². The van der Waals surface area contributed by atoms with Crippen molar-refractivity contribution in [3.63, 3.8) is 0 Å². The number of carbonyl (C=O) groups is 2. The molecule has 8 nitrogen and oxygen atoms in total. The third kappa shape index (κ3) is 5.32. The van der Waals surface area contributed by atoms with Crippen LogP contribution in [0.25, 0.3) is 22.0 Å². The van der Waals surface area contributed by atoms with E-state index in [0.29, 0.717) is 43.6 Å². The van der Waals surface area contributed by atoms with Crippen molar-refractivity contribution in [3.05, 3.63) is 59.3 Å². The predicted octanol–water partition coefficient (Wildman–Crippen LogP) is 3.74. The average Bonchev–Trinajstić information content (AvgIpc) is 3.30. The molecule has 1 aliphatic rings. The lowest BCUT2D eigenvalue weighted by atomic mass is 9.88. The normalized spacial score (nSPS) is 15.4. The molecule has 0 aliphatic carbocycles. The molecule has 192 valence electrons. The fourth-order valence-corrected chi connectivity index (χ4v) is 5.97. The van der Waals surface area contributed by atoms with Crippen LogP contribution < -0.4 is 11.1 Å². The topological polar surface area (TPSA) is 125 Å². The number of piperidine rings is 1. The highest BCUT2D eigenvalue weighted by Gasteiger charge is 2.29. The van der Waals surface area contributed by atoms with Crippen LogP contribution in [0.5, 0.6) is 0 Å². The average molecular weight is 511 g/mol. The molecule has 0 radical (unpaired) electrons.